The minimum atomic E-state index is -3.01. The van der Waals surface area contributed by atoms with Crippen molar-refractivity contribution in [1.29, 1.82) is 0 Å². The largest absolute Gasteiger partial charge is 0.328 e. The van der Waals surface area contributed by atoms with Gasteiger partial charge < -0.3 is 5.73 Å². The molecule has 4 nitrogen and oxygen atoms in total. The predicted molar refractivity (Wildman–Crippen MR) is 59.3 cm³/mol. The Morgan fingerprint density at radius 1 is 1.27 bits per heavy atom. The maximum atomic E-state index is 11.6. The Hall–Kier alpha value is -0.420. The van der Waals surface area contributed by atoms with E-state index in [1.807, 2.05) is 0 Å². The smallest absolute Gasteiger partial charge is 0.147 e. The Kier molecular flexibility index (Phi) is 4.28. The van der Waals surface area contributed by atoms with Crippen LogP contribution in [0, 0.1) is 5.92 Å². The fourth-order valence-electron chi connectivity index (χ4n) is 1.93. The van der Waals surface area contributed by atoms with Gasteiger partial charge in [-0.25, -0.2) is 8.42 Å². The molecule has 15 heavy (non-hydrogen) atoms. The van der Waals surface area contributed by atoms with Crippen LogP contribution in [0.1, 0.15) is 32.1 Å². The van der Waals surface area contributed by atoms with E-state index in [9.17, 15) is 13.2 Å². The fourth-order valence-corrected chi connectivity index (χ4v) is 2.50. The third-order valence-electron chi connectivity index (χ3n) is 2.95. The highest BCUT2D eigenvalue weighted by molar-refractivity contribution is 7.90. The molecule has 0 amide bonds. The average molecular weight is 233 g/mol. The molecule has 0 unspecified atom stereocenters. The van der Waals surface area contributed by atoms with Crippen LogP contribution >= 0.6 is 0 Å². The molecule has 1 saturated carbocycles. The minimum absolute atomic E-state index is 0.0195. The van der Waals surface area contributed by atoms with Gasteiger partial charge in [-0.3, -0.25) is 4.79 Å². The zero-order chi connectivity index (χ0) is 11.5. The average Bonchev–Trinajstić information content (AvgIpc) is 2.14. The summed E-state index contributed by atoms with van der Waals surface area (Å²) in [7, 11) is -3.01. The van der Waals surface area contributed by atoms with E-state index in [4.69, 9.17) is 5.73 Å². The summed E-state index contributed by atoms with van der Waals surface area (Å²) in [5.74, 6) is 0.118. The van der Waals surface area contributed by atoms with Crippen molar-refractivity contribution in [2.75, 3.05) is 12.0 Å². The molecule has 1 aliphatic carbocycles. The Bertz CT molecular complexity index is 316. The molecule has 2 N–H and O–H groups in total. The summed E-state index contributed by atoms with van der Waals surface area (Å²) in [5.41, 5.74) is 5.73. The lowest BCUT2D eigenvalue weighted by Crippen LogP contribution is -2.30. The molecule has 1 rings (SSSR count). The maximum absolute atomic E-state index is 11.6. The van der Waals surface area contributed by atoms with Crippen LogP contribution in [-0.2, 0) is 14.6 Å². The van der Waals surface area contributed by atoms with Crippen molar-refractivity contribution in [1.82, 2.24) is 0 Å². The summed E-state index contributed by atoms with van der Waals surface area (Å²) in [5, 5.41) is 0. The molecule has 0 aromatic carbocycles. The second kappa shape index (κ2) is 5.07. The van der Waals surface area contributed by atoms with E-state index in [0.717, 1.165) is 31.9 Å². The van der Waals surface area contributed by atoms with Gasteiger partial charge in [0, 0.05) is 24.6 Å². The number of hydrogen-bond donors (Lipinski definition) is 1. The molecule has 0 heterocycles. The van der Waals surface area contributed by atoms with Crippen LogP contribution in [0.5, 0.6) is 0 Å². The third kappa shape index (κ3) is 4.75. The summed E-state index contributed by atoms with van der Waals surface area (Å²) < 4.78 is 21.8. The van der Waals surface area contributed by atoms with Crippen LogP contribution in [0.15, 0.2) is 0 Å². The molecule has 5 heteroatoms. The van der Waals surface area contributed by atoms with Crippen molar-refractivity contribution in [2.45, 2.75) is 38.1 Å². The minimum Gasteiger partial charge on any atom is -0.328 e. The molecule has 0 spiro atoms. The van der Waals surface area contributed by atoms with E-state index in [1.165, 1.54) is 0 Å². The summed E-state index contributed by atoms with van der Waals surface area (Å²) in [4.78, 5) is 11.6. The number of nitrogens with two attached hydrogens (primary N) is 1. The van der Waals surface area contributed by atoms with Gasteiger partial charge in [-0.2, -0.15) is 0 Å². The number of ketones is 1. The Morgan fingerprint density at radius 2 is 1.80 bits per heavy atom. The van der Waals surface area contributed by atoms with Crippen LogP contribution in [0.25, 0.3) is 0 Å². The standard InChI is InChI=1S/C10H19NO3S/c1-15(13,14)7-6-10(12)8-2-4-9(11)5-3-8/h8-9H,2-7,11H2,1H3. The topological polar surface area (TPSA) is 77.2 Å². The van der Waals surface area contributed by atoms with Gasteiger partial charge in [0.2, 0.25) is 0 Å². The lowest BCUT2D eigenvalue weighted by Gasteiger charge is -2.24. The first-order valence-electron chi connectivity index (χ1n) is 5.34. The SMILES string of the molecule is CS(=O)(=O)CCC(=O)C1CCC(N)CC1. The van der Waals surface area contributed by atoms with E-state index in [-0.39, 0.29) is 29.9 Å². The molecular weight excluding hydrogens is 214 g/mol. The number of Topliss-reactive ketones (excluding diaryl/α,β-unsaturated/α-hetero) is 1. The van der Waals surface area contributed by atoms with E-state index in [2.05, 4.69) is 0 Å². The molecule has 0 atom stereocenters. The van der Waals surface area contributed by atoms with Crippen LogP contribution in [0.3, 0.4) is 0 Å². The Balaban J connectivity index is 2.35. The highest BCUT2D eigenvalue weighted by Gasteiger charge is 2.24. The van der Waals surface area contributed by atoms with Gasteiger partial charge in [-0.05, 0) is 25.7 Å². The van der Waals surface area contributed by atoms with Gasteiger partial charge in [0.15, 0.2) is 0 Å². The number of hydrogen-bond acceptors (Lipinski definition) is 4. The normalized spacial score (nSPS) is 27.6. The van der Waals surface area contributed by atoms with E-state index in [1.54, 1.807) is 0 Å². The lowest BCUT2D eigenvalue weighted by atomic mass is 9.83. The second-order valence-corrected chi connectivity index (χ2v) is 6.72. The van der Waals surface area contributed by atoms with Gasteiger partial charge in [0.05, 0.1) is 5.75 Å². The van der Waals surface area contributed by atoms with Crippen LogP contribution in [0.4, 0.5) is 0 Å². The first-order chi connectivity index (χ1) is 6.88. The summed E-state index contributed by atoms with van der Waals surface area (Å²) >= 11 is 0. The molecule has 0 bridgehead atoms. The van der Waals surface area contributed by atoms with E-state index in [0.29, 0.717) is 0 Å². The van der Waals surface area contributed by atoms with E-state index >= 15 is 0 Å². The molecule has 0 radical (unpaired) electrons. The number of rotatable bonds is 4. The molecule has 1 fully saturated rings. The molecule has 0 aromatic rings. The van der Waals surface area contributed by atoms with Gasteiger partial charge >= 0.3 is 0 Å². The Labute approximate surface area is 91.1 Å². The molecule has 1 aliphatic rings. The number of sulfone groups is 1. The quantitative estimate of drug-likeness (QED) is 0.767. The molecule has 0 saturated heterocycles. The van der Waals surface area contributed by atoms with Gasteiger partial charge in [0.25, 0.3) is 0 Å². The predicted octanol–water partition coefficient (Wildman–Crippen LogP) is 0.508. The third-order valence-corrected chi connectivity index (χ3v) is 3.89. The highest BCUT2D eigenvalue weighted by Crippen LogP contribution is 2.24. The van der Waals surface area contributed by atoms with Gasteiger partial charge in [-0.1, -0.05) is 0 Å². The van der Waals surface area contributed by atoms with Crippen molar-refractivity contribution >= 4 is 15.6 Å². The molecule has 0 aliphatic heterocycles. The molecular formula is C10H19NO3S. The van der Waals surface area contributed by atoms with Gasteiger partial charge in [-0.15, -0.1) is 0 Å². The summed E-state index contributed by atoms with van der Waals surface area (Å²) in [6.07, 6.45) is 4.74. The maximum Gasteiger partial charge on any atom is 0.147 e. The molecule has 0 aromatic heterocycles. The molecule has 88 valence electrons. The zero-order valence-corrected chi connectivity index (χ0v) is 9.92. The van der Waals surface area contributed by atoms with Crippen LogP contribution < -0.4 is 5.73 Å². The lowest BCUT2D eigenvalue weighted by molar-refractivity contribution is -0.123. The van der Waals surface area contributed by atoms with Crippen LogP contribution in [0.2, 0.25) is 0 Å². The van der Waals surface area contributed by atoms with Crippen LogP contribution in [-0.4, -0.2) is 32.3 Å². The van der Waals surface area contributed by atoms with Crippen molar-refractivity contribution in [2.24, 2.45) is 11.7 Å². The van der Waals surface area contributed by atoms with Crippen molar-refractivity contribution in [3.8, 4) is 0 Å². The summed E-state index contributed by atoms with van der Waals surface area (Å²) in [6.45, 7) is 0. The first-order valence-corrected chi connectivity index (χ1v) is 7.40. The van der Waals surface area contributed by atoms with Crippen molar-refractivity contribution < 1.29 is 13.2 Å². The number of carbonyl (C=O) groups excluding carboxylic acids is 1. The van der Waals surface area contributed by atoms with Crippen molar-refractivity contribution in [3.63, 3.8) is 0 Å². The van der Waals surface area contributed by atoms with Gasteiger partial charge in [0.1, 0.15) is 15.6 Å². The highest BCUT2D eigenvalue weighted by atomic mass is 32.2. The van der Waals surface area contributed by atoms with Crippen molar-refractivity contribution in [3.05, 3.63) is 0 Å². The fraction of sp³-hybridized carbons (Fsp3) is 0.900. The summed E-state index contributed by atoms with van der Waals surface area (Å²) in [6, 6.07) is 0.226. The first kappa shape index (κ1) is 12.6. The number of carbonyl (C=O) groups is 1. The second-order valence-electron chi connectivity index (χ2n) is 4.46. The zero-order valence-electron chi connectivity index (χ0n) is 9.11. The monoisotopic (exact) mass is 233 g/mol. The Morgan fingerprint density at radius 3 is 2.27 bits per heavy atom. The van der Waals surface area contributed by atoms with E-state index < -0.39 is 9.84 Å².